The Labute approximate surface area is 71.4 Å². The highest BCUT2D eigenvalue weighted by Gasteiger charge is 1.45. The highest BCUT2D eigenvalue weighted by Crippen LogP contribution is 1.69. The SMILES string of the molecule is C/C=C/S.C=CCC.CC. The van der Waals surface area contributed by atoms with Gasteiger partial charge in [0.1, 0.15) is 0 Å². The van der Waals surface area contributed by atoms with Gasteiger partial charge in [0, 0.05) is 0 Å². The van der Waals surface area contributed by atoms with Crippen LogP contribution in [0.4, 0.5) is 0 Å². The first-order valence-corrected chi connectivity index (χ1v) is 4.21. The summed E-state index contributed by atoms with van der Waals surface area (Å²) < 4.78 is 0. The largest absolute Gasteiger partial charge is 0.152 e. The van der Waals surface area contributed by atoms with Crippen LogP contribution in [0, 0.1) is 0 Å². The molecule has 10 heavy (non-hydrogen) atoms. The van der Waals surface area contributed by atoms with E-state index < -0.39 is 0 Å². The first kappa shape index (κ1) is 16.4. The Morgan fingerprint density at radius 2 is 1.60 bits per heavy atom. The normalized spacial score (nSPS) is 6.90. The molecule has 0 nitrogen and oxygen atoms in total. The minimum absolute atomic E-state index is 1.08. The van der Waals surface area contributed by atoms with Crippen molar-refractivity contribution in [2.45, 2.75) is 34.1 Å². The molecule has 0 aliphatic carbocycles. The number of thiol groups is 1. The summed E-state index contributed by atoms with van der Waals surface area (Å²) in [5, 5.41) is 1.69. The van der Waals surface area contributed by atoms with Crippen LogP contribution in [0.5, 0.6) is 0 Å². The van der Waals surface area contributed by atoms with E-state index in [1.54, 1.807) is 5.41 Å². The molecule has 0 spiro atoms. The molecule has 0 aliphatic heterocycles. The molecule has 0 rings (SSSR count). The maximum absolute atomic E-state index is 3.74. The molecule has 0 saturated heterocycles. The standard InChI is InChI=1S/C4H8.C3H6S.C2H6/c1-3-4-2;1-2-3-4;1-2/h3H,1,4H2,2H3;2-4H,1H3;1-2H3/b;3-2+;. The van der Waals surface area contributed by atoms with Gasteiger partial charge in [-0.2, -0.15) is 12.6 Å². The second-order valence-corrected chi connectivity index (χ2v) is 1.48. The summed E-state index contributed by atoms with van der Waals surface area (Å²) in [6.07, 6.45) is 4.82. The molecule has 0 amide bonds. The lowest BCUT2D eigenvalue weighted by Crippen LogP contribution is -1.36. The van der Waals surface area contributed by atoms with Crippen molar-refractivity contribution < 1.29 is 0 Å². The Bertz CT molecular complexity index is 51.7. The van der Waals surface area contributed by atoms with Crippen molar-refractivity contribution in [3.05, 3.63) is 24.1 Å². The molecule has 1 heteroatoms. The first-order valence-electron chi connectivity index (χ1n) is 3.69. The van der Waals surface area contributed by atoms with Gasteiger partial charge in [0.2, 0.25) is 0 Å². The molecule has 0 N–H and O–H groups in total. The van der Waals surface area contributed by atoms with E-state index in [0.717, 1.165) is 6.42 Å². The van der Waals surface area contributed by atoms with E-state index in [2.05, 4.69) is 26.1 Å². The Kier molecular flexibility index (Phi) is 60.6. The zero-order valence-electron chi connectivity index (χ0n) is 7.59. The topological polar surface area (TPSA) is 0 Å². The fourth-order valence-corrected chi connectivity index (χ4v) is 0. The second kappa shape index (κ2) is 36.9. The van der Waals surface area contributed by atoms with Gasteiger partial charge in [-0.15, -0.1) is 6.58 Å². The van der Waals surface area contributed by atoms with Gasteiger partial charge in [-0.1, -0.05) is 32.9 Å². The molecule has 0 aromatic heterocycles. The monoisotopic (exact) mass is 160 g/mol. The maximum atomic E-state index is 3.74. The minimum atomic E-state index is 1.08. The van der Waals surface area contributed by atoms with Gasteiger partial charge in [-0.3, -0.25) is 0 Å². The summed E-state index contributed by atoms with van der Waals surface area (Å²) in [6.45, 7) is 11.5. The molecule has 0 radical (unpaired) electrons. The molecular weight excluding hydrogens is 140 g/mol. The fourth-order valence-electron chi connectivity index (χ4n) is 0. The van der Waals surface area contributed by atoms with Crippen LogP contribution in [-0.4, -0.2) is 0 Å². The van der Waals surface area contributed by atoms with Crippen LogP contribution in [0.3, 0.4) is 0 Å². The Morgan fingerprint density at radius 3 is 1.60 bits per heavy atom. The van der Waals surface area contributed by atoms with Crippen molar-refractivity contribution in [3.8, 4) is 0 Å². The summed E-state index contributed by atoms with van der Waals surface area (Å²) in [6, 6.07) is 0. The molecule has 0 unspecified atom stereocenters. The van der Waals surface area contributed by atoms with Gasteiger partial charge in [0.05, 0.1) is 0 Å². The predicted octanol–water partition coefficient (Wildman–Crippen LogP) is 4.06. The van der Waals surface area contributed by atoms with Gasteiger partial charge >= 0.3 is 0 Å². The van der Waals surface area contributed by atoms with Crippen molar-refractivity contribution in [1.82, 2.24) is 0 Å². The van der Waals surface area contributed by atoms with E-state index in [0.29, 0.717) is 0 Å². The lowest BCUT2D eigenvalue weighted by atomic mass is 10.5. The van der Waals surface area contributed by atoms with Gasteiger partial charge in [-0.25, -0.2) is 0 Å². The Hall–Kier alpha value is -0.170. The molecular formula is C9H20S. The van der Waals surface area contributed by atoms with E-state index >= 15 is 0 Å². The van der Waals surface area contributed by atoms with E-state index in [-0.39, 0.29) is 0 Å². The van der Waals surface area contributed by atoms with E-state index in [1.165, 1.54) is 0 Å². The molecule has 62 valence electrons. The molecule has 0 aromatic rings. The molecule has 0 aliphatic rings. The number of hydrogen-bond donors (Lipinski definition) is 1. The smallest absolute Gasteiger partial charge is 0.0367 e. The maximum Gasteiger partial charge on any atom is -0.0367 e. The Balaban J connectivity index is -0.0000000787. The van der Waals surface area contributed by atoms with E-state index in [1.807, 2.05) is 32.9 Å². The quantitative estimate of drug-likeness (QED) is 0.434. The van der Waals surface area contributed by atoms with Crippen molar-refractivity contribution in [2.75, 3.05) is 0 Å². The van der Waals surface area contributed by atoms with Crippen LogP contribution in [0.15, 0.2) is 24.1 Å². The highest BCUT2D eigenvalue weighted by molar-refractivity contribution is 7.83. The van der Waals surface area contributed by atoms with Crippen LogP contribution in [0.2, 0.25) is 0 Å². The summed E-state index contributed by atoms with van der Waals surface area (Å²) >= 11 is 3.74. The summed E-state index contributed by atoms with van der Waals surface area (Å²) in [7, 11) is 0. The summed E-state index contributed by atoms with van der Waals surface area (Å²) in [5.41, 5.74) is 0. The lowest BCUT2D eigenvalue weighted by molar-refractivity contribution is 1.23. The van der Waals surface area contributed by atoms with Crippen molar-refractivity contribution in [2.24, 2.45) is 0 Å². The highest BCUT2D eigenvalue weighted by atomic mass is 32.1. The van der Waals surface area contributed by atoms with Gasteiger partial charge in [0.15, 0.2) is 0 Å². The molecule has 0 aromatic carbocycles. The van der Waals surface area contributed by atoms with Crippen LogP contribution >= 0.6 is 12.6 Å². The van der Waals surface area contributed by atoms with Gasteiger partial charge < -0.3 is 0 Å². The van der Waals surface area contributed by atoms with Gasteiger partial charge in [-0.05, 0) is 18.8 Å². The first-order chi connectivity index (χ1) is 4.83. The van der Waals surface area contributed by atoms with E-state index in [9.17, 15) is 0 Å². The molecule has 0 fully saturated rings. The average Bonchev–Trinajstić information content (AvgIpc) is 2.08. The van der Waals surface area contributed by atoms with E-state index in [4.69, 9.17) is 0 Å². The Morgan fingerprint density at radius 1 is 1.40 bits per heavy atom. The lowest BCUT2D eigenvalue weighted by Gasteiger charge is -1.57. The number of allylic oxidation sites excluding steroid dienone is 2. The average molecular weight is 160 g/mol. The summed E-state index contributed by atoms with van der Waals surface area (Å²) in [4.78, 5) is 0. The van der Waals surface area contributed by atoms with Gasteiger partial charge in [0.25, 0.3) is 0 Å². The predicted molar refractivity (Wildman–Crippen MR) is 55.6 cm³/mol. The third-order valence-electron chi connectivity index (χ3n) is 0.438. The zero-order chi connectivity index (χ0) is 8.83. The molecule has 0 heterocycles. The third kappa shape index (κ3) is 109. The molecule has 0 bridgehead atoms. The molecule has 0 saturated carbocycles. The fraction of sp³-hybridized carbons (Fsp3) is 0.556. The second-order valence-electron chi connectivity index (χ2n) is 1.18. The third-order valence-corrected chi connectivity index (χ3v) is 0.736. The van der Waals surface area contributed by atoms with Crippen molar-refractivity contribution >= 4 is 12.6 Å². The zero-order valence-corrected chi connectivity index (χ0v) is 8.49. The molecule has 0 atom stereocenters. The van der Waals surface area contributed by atoms with Crippen molar-refractivity contribution in [3.63, 3.8) is 0 Å². The van der Waals surface area contributed by atoms with Crippen LogP contribution in [-0.2, 0) is 0 Å². The summed E-state index contributed by atoms with van der Waals surface area (Å²) in [5.74, 6) is 0. The minimum Gasteiger partial charge on any atom is -0.152 e. The van der Waals surface area contributed by atoms with Crippen LogP contribution < -0.4 is 0 Å². The number of rotatable bonds is 1. The van der Waals surface area contributed by atoms with Crippen molar-refractivity contribution in [1.29, 1.82) is 0 Å². The van der Waals surface area contributed by atoms with Crippen LogP contribution in [0.1, 0.15) is 34.1 Å². The number of hydrogen-bond acceptors (Lipinski definition) is 1. The van der Waals surface area contributed by atoms with Crippen LogP contribution in [0.25, 0.3) is 0 Å².